The Hall–Kier alpha value is -3.50. The van der Waals surface area contributed by atoms with Crippen LogP contribution in [0, 0.1) is 17.2 Å². The maximum atomic E-state index is 12.9. The van der Waals surface area contributed by atoms with Crippen LogP contribution >= 0.6 is 11.6 Å². The first-order valence-corrected chi connectivity index (χ1v) is 10.9. The van der Waals surface area contributed by atoms with E-state index in [9.17, 15) is 10.1 Å². The molecule has 3 heterocycles. The van der Waals surface area contributed by atoms with Gasteiger partial charge in [-0.15, -0.1) is 0 Å². The highest BCUT2D eigenvalue weighted by atomic mass is 35.5. The van der Waals surface area contributed by atoms with Gasteiger partial charge in [0.05, 0.1) is 16.8 Å². The van der Waals surface area contributed by atoms with Crippen LogP contribution in [0.25, 0.3) is 10.9 Å². The van der Waals surface area contributed by atoms with Crippen LogP contribution in [0.4, 0.5) is 11.4 Å². The van der Waals surface area contributed by atoms with Crippen molar-refractivity contribution in [2.24, 2.45) is 5.92 Å². The van der Waals surface area contributed by atoms with Gasteiger partial charge >= 0.3 is 0 Å². The van der Waals surface area contributed by atoms with Gasteiger partial charge < -0.3 is 19.7 Å². The molecule has 32 heavy (non-hydrogen) atoms. The summed E-state index contributed by atoms with van der Waals surface area (Å²) >= 11 is 6.21. The first-order valence-electron chi connectivity index (χ1n) is 10.6. The number of hydrogen-bond donors (Lipinski definition) is 1. The summed E-state index contributed by atoms with van der Waals surface area (Å²) in [6, 6.07) is 13.2. The second-order valence-corrected chi connectivity index (χ2v) is 8.34. The lowest BCUT2D eigenvalue weighted by Gasteiger charge is -2.34. The molecule has 162 valence electrons. The minimum atomic E-state index is -0.110. The van der Waals surface area contributed by atoms with Gasteiger partial charge in [-0.1, -0.05) is 11.6 Å². The fourth-order valence-corrected chi connectivity index (χ4v) is 4.48. The fourth-order valence-electron chi connectivity index (χ4n) is 4.30. The maximum absolute atomic E-state index is 12.9. The van der Waals surface area contributed by atoms with E-state index in [0.29, 0.717) is 66.9 Å². The topological polar surface area (TPSA) is 87.5 Å². The largest absolute Gasteiger partial charge is 0.486 e. The molecule has 7 nitrogen and oxygen atoms in total. The van der Waals surface area contributed by atoms with Gasteiger partial charge in [-0.25, -0.2) is 0 Å². The summed E-state index contributed by atoms with van der Waals surface area (Å²) in [6.45, 7) is 2.37. The Balaban J connectivity index is 1.30. The monoisotopic (exact) mass is 448 g/mol. The van der Waals surface area contributed by atoms with Crippen molar-refractivity contribution in [3.05, 3.63) is 53.2 Å². The highest BCUT2D eigenvalue weighted by Crippen LogP contribution is 2.35. The van der Waals surface area contributed by atoms with Gasteiger partial charge in [0, 0.05) is 47.4 Å². The Kier molecular flexibility index (Phi) is 5.46. The first kappa shape index (κ1) is 20.4. The predicted octanol–water partition coefficient (Wildman–Crippen LogP) is 4.39. The van der Waals surface area contributed by atoms with Gasteiger partial charge in [-0.05, 0) is 43.2 Å². The molecule has 3 aromatic rings. The van der Waals surface area contributed by atoms with Gasteiger partial charge in [0.2, 0.25) is 5.91 Å². The van der Waals surface area contributed by atoms with Crippen molar-refractivity contribution in [2.45, 2.75) is 12.8 Å². The number of aromatic nitrogens is 1. The first-order chi connectivity index (χ1) is 15.6. The molecule has 1 saturated heterocycles. The number of nitriles is 1. The fraction of sp³-hybridized carbons (Fsp3) is 0.292. The van der Waals surface area contributed by atoms with Crippen molar-refractivity contribution >= 4 is 39.8 Å². The molecule has 8 heteroatoms. The quantitative estimate of drug-likeness (QED) is 0.639. The molecule has 1 fully saturated rings. The number of nitrogens with one attached hydrogen (secondary N) is 1. The van der Waals surface area contributed by atoms with Crippen LogP contribution in [0.5, 0.6) is 11.5 Å². The number of hydrogen-bond acceptors (Lipinski definition) is 6. The normalized spacial score (nSPS) is 15.9. The standard InChI is InChI=1S/C24H21ClN4O3/c25-17-1-3-20-19(11-17)23(16(13-26)14-27-20)29-7-5-15(6-8-29)24(30)28-18-2-4-21-22(12-18)32-10-9-31-21/h1-4,11-12,14-15H,5-10H2,(H,28,30). The second-order valence-electron chi connectivity index (χ2n) is 7.90. The SMILES string of the molecule is N#Cc1cnc2ccc(Cl)cc2c1N1CCC(C(=O)Nc2ccc3c(c2)OCCO3)CC1. The Bertz CT molecular complexity index is 1230. The highest BCUT2D eigenvalue weighted by Gasteiger charge is 2.27. The maximum Gasteiger partial charge on any atom is 0.227 e. The van der Waals surface area contributed by atoms with E-state index in [2.05, 4.69) is 21.3 Å². The number of pyridine rings is 1. The lowest BCUT2D eigenvalue weighted by Crippen LogP contribution is -2.38. The van der Waals surface area contributed by atoms with Crippen molar-refractivity contribution in [1.29, 1.82) is 5.26 Å². The van der Waals surface area contributed by atoms with E-state index in [1.54, 1.807) is 18.3 Å². The number of ether oxygens (including phenoxy) is 2. The van der Waals surface area contributed by atoms with Crippen LogP contribution < -0.4 is 19.7 Å². The molecule has 0 atom stereocenters. The molecular formula is C24H21ClN4O3. The van der Waals surface area contributed by atoms with Crippen LogP contribution in [-0.4, -0.2) is 37.2 Å². The molecule has 0 unspecified atom stereocenters. The zero-order chi connectivity index (χ0) is 22.1. The molecule has 1 aromatic heterocycles. The number of rotatable bonds is 3. The highest BCUT2D eigenvalue weighted by molar-refractivity contribution is 6.31. The van der Waals surface area contributed by atoms with Crippen LogP contribution in [0.1, 0.15) is 18.4 Å². The van der Waals surface area contributed by atoms with Gasteiger partial charge in [0.1, 0.15) is 19.3 Å². The summed E-state index contributed by atoms with van der Waals surface area (Å²) in [4.78, 5) is 19.4. The Morgan fingerprint density at radius 3 is 2.69 bits per heavy atom. The molecule has 2 aliphatic heterocycles. The smallest absolute Gasteiger partial charge is 0.227 e. The number of amides is 1. The Morgan fingerprint density at radius 2 is 1.91 bits per heavy atom. The van der Waals surface area contributed by atoms with Crippen LogP contribution in [-0.2, 0) is 4.79 Å². The van der Waals surface area contributed by atoms with Crippen molar-refractivity contribution in [1.82, 2.24) is 4.98 Å². The molecule has 0 bridgehead atoms. The van der Waals surface area contributed by atoms with Gasteiger partial charge in [-0.3, -0.25) is 9.78 Å². The third-order valence-corrected chi connectivity index (χ3v) is 6.15. The summed E-state index contributed by atoms with van der Waals surface area (Å²) in [5.74, 6) is 1.22. The van der Waals surface area contributed by atoms with E-state index < -0.39 is 0 Å². The Morgan fingerprint density at radius 1 is 1.12 bits per heavy atom. The van der Waals surface area contributed by atoms with Crippen molar-refractivity contribution in [3.63, 3.8) is 0 Å². The molecule has 1 amide bonds. The van der Waals surface area contributed by atoms with E-state index in [1.165, 1.54) is 0 Å². The lowest BCUT2D eigenvalue weighted by atomic mass is 9.94. The molecule has 1 N–H and O–H groups in total. The zero-order valence-electron chi connectivity index (χ0n) is 17.3. The second kappa shape index (κ2) is 8.56. The molecule has 0 radical (unpaired) electrons. The van der Waals surface area contributed by atoms with Gasteiger partial charge in [0.15, 0.2) is 11.5 Å². The lowest BCUT2D eigenvalue weighted by molar-refractivity contribution is -0.120. The van der Waals surface area contributed by atoms with Crippen LogP contribution in [0.15, 0.2) is 42.6 Å². The van der Waals surface area contributed by atoms with E-state index >= 15 is 0 Å². The summed E-state index contributed by atoms with van der Waals surface area (Å²) in [5.41, 5.74) is 2.84. The number of nitrogens with zero attached hydrogens (tertiary/aromatic N) is 3. The van der Waals surface area contributed by atoms with Crippen LogP contribution in [0.3, 0.4) is 0 Å². The summed E-state index contributed by atoms with van der Waals surface area (Å²) in [7, 11) is 0. The zero-order valence-corrected chi connectivity index (χ0v) is 18.1. The van der Waals surface area contributed by atoms with Crippen molar-refractivity contribution in [3.8, 4) is 17.6 Å². The minimum Gasteiger partial charge on any atom is -0.486 e. The van der Waals surface area contributed by atoms with E-state index in [1.807, 2.05) is 24.3 Å². The molecular weight excluding hydrogens is 428 g/mol. The number of carbonyl (C=O) groups excluding carboxylic acids is 1. The molecule has 2 aromatic carbocycles. The van der Waals surface area contributed by atoms with Crippen molar-refractivity contribution in [2.75, 3.05) is 36.5 Å². The number of piperidine rings is 1. The van der Waals surface area contributed by atoms with E-state index in [-0.39, 0.29) is 11.8 Å². The molecule has 0 saturated carbocycles. The van der Waals surface area contributed by atoms with Crippen molar-refractivity contribution < 1.29 is 14.3 Å². The average Bonchev–Trinajstić information content (AvgIpc) is 2.83. The number of benzene rings is 2. The molecule has 0 aliphatic carbocycles. The molecule has 5 rings (SSSR count). The third-order valence-electron chi connectivity index (χ3n) is 5.91. The minimum absolute atomic E-state index is 0.00975. The third kappa shape index (κ3) is 3.90. The number of fused-ring (bicyclic) bond motifs is 2. The average molecular weight is 449 g/mol. The van der Waals surface area contributed by atoms with Crippen LogP contribution in [0.2, 0.25) is 5.02 Å². The number of carbonyl (C=O) groups is 1. The number of halogens is 1. The molecule has 0 spiro atoms. The molecule has 2 aliphatic rings. The summed E-state index contributed by atoms with van der Waals surface area (Å²) < 4.78 is 11.1. The van der Waals surface area contributed by atoms with Gasteiger partial charge in [-0.2, -0.15) is 5.26 Å². The summed E-state index contributed by atoms with van der Waals surface area (Å²) in [5, 5.41) is 14.1. The van der Waals surface area contributed by atoms with Gasteiger partial charge in [0.25, 0.3) is 0 Å². The van der Waals surface area contributed by atoms with E-state index in [4.69, 9.17) is 21.1 Å². The summed E-state index contributed by atoms with van der Waals surface area (Å²) in [6.07, 6.45) is 2.98. The Labute approximate surface area is 190 Å². The van der Waals surface area contributed by atoms with E-state index in [0.717, 1.165) is 16.6 Å². The predicted molar refractivity (Wildman–Crippen MR) is 122 cm³/mol. The number of anilines is 2.